The summed E-state index contributed by atoms with van der Waals surface area (Å²) in [5, 5.41) is 0. The van der Waals surface area contributed by atoms with Crippen LogP contribution in [0.2, 0.25) is 0 Å². The maximum atomic E-state index is 5.94. The largest absolute Gasteiger partial charge is 0.398 e. The van der Waals surface area contributed by atoms with Gasteiger partial charge in [0.15, 0.2) is 0 Å². The molecule has 0 aliphatic heterocycles. The SMILES string of the molecule is Nc1ccccc1[C@@H]1C[C@H]1C1CC1. The van der Waals surface area contributed by atoms with Gasteiger partial charge in [-0.05, 0) is 48.6 Å². The molecule has 0 amide bonds. The summed E-state index contributed by atoms with van der Waals surface area (Å²) < 4.78 is 0. The lowest BCUT2D eigenvalue weighted by atomic mass is 10.1. The van der Waals surface area contributed by atoms with Crippen LogP contribution in [0.1, 0.15) is 30.7 Å². The molecule has 2 aliphatic carbocycles. The van der Waals surface area contributed by atoms with Gasteiger partial charge < -0.3 is 5.73 Å². The van der Waals surface area contributed by atoms with Gasteiger partial charge in [0.25, 0.3) is 0 Å². The molecule has 0 spiro atoms. The van der Waals surface area contributed by atoms with Crippen LogP contribution in [-0.2, 0) is 0 Å². The topological polar surface area (TPSA) is 26.0 Å². The molecule has 1 nitrogen and oxygen atoms in total. The molecule has 0 saturated heterocycles. The molecule has 2 fully saturated rings. The van der Waals surface area contributed by atoms with Gasteiger partial charge in [-0.1, -0.05) is 18.2 Å². The highest BCUT2D eigenvalue weighted by Gasteiger charge is 2.48. The molecule has 2 N–H and O–H groups in total. The van der Waals surface area contributed by atoms with Gasteiger partial charge in [-0.2, -0.15) is 0 Å². The van der Waals surface area contributed by atoms with E-state index in [0.29, 0.717) is 0 Å². The summed E-state index contributed by atoms with van der Waals surface area (Å²) in [5.74, 6) is 2.82. The summed E-state index contributed by atoms with van der Waals surface area (Å²) in [6.07, 6.45) is 4.32. The zero-order chi connectivity index (χ0) is 8.84. The fourth-order valence-corrected chi connectivity index (χ4v) is 2.47. The van der Waals surface area contributed by atoms with E-state index in [-0.39, 0.29) is 0 Å². The molecule has 1 heteroatoms. The molecule has 0 heterocycles. The molecule has 1 aromatic rings. The van der Waals surface area contributed by atoms with Gasteiger partial charge >= 0.3 is 0 Å². The van der Waals surface area contributed by atoms with Crippen LogP contribution in [0.15, 0.2) is 24.3 Å². The fraction of sp³-hybridized carbons (Fsp3) is 0.500. The predicted octanol–water partition coefficient (Wildman–Crippen LogP) is 2.78. The Hall–Kier alpha value is -0.980. The monoisotopic (exact) mass is 173 g/mol. The zero-order valence-electron chi connectivity index (χ0n) is 7.74. The van der Waals surface area contributed by atoms with Crippen LogP contribution >= 0.6 is 0 Å². The summed E-state index contributed by atoms with van der Waals surface area (Å²) >= 11 is 0. The minimum absolute atomic E-state index is 0.800. The summed E-state index contributed by atoms with van der Waals surface area (Å²) in [5.41, 5.74) is 8.34. The minimum atomic E-state index is 0.800. The first-order valence-corrected chi connectivity index (χ1v) is 5.20. The van der Waals surface area contributed by atoms with Crippen LogP contribution in [0.4, 0.5) is 5.69 Å². The molecule has 68 valence electrons. The highest BCUT2D eigenvalue weighted by Crippen LogP contribution is 2.59. The Bertz CT molecular complexity index is 328. The third-order valence-corrected chi connectivity index (χ3v) is 3.46. The van der Waals surface area contributed by atoms with Crippen molar-refractivity contribution >= 4 is 5.69 Å². The lowest BCUT2D eigenvalue weighted by Crippen LogP contribution is -1.93. The molecule has 0 bridgehead atoms. The summed E-state index contributed by atoms with van der Waals surface area (Å²) in [4.78, 5) is 0. The first-order valence-electron chi connectivity index (χ1n) is 5.20. The lowest BCUT2D eigenvalue weighted by Gasteiger charge is -2.03. The first-order chi connectivity index (χ1) is 6.36. The van der Waals surface area contributed by atoms with Crippen LogP contribution in [0.5, 0.6) is 0 Å². The zero-order valence-corrected chi connectivity index (χ0v) is 7.74. The lowest BCUT2D eigenvalue weighted by molar-refractivity contribution is 0.691. The molecular weight excluding hydrogens is 158 g/mol. The molecule has 0 unspecified atom stereocenters. The van der Waals surface area contributed by atoms with E-state index in [0.717, 1.165) is 23.4 Å². The highest BCUT2D eigenvalue weighted by atomic mass is 14.6. The molecule has 2 saturated carbocycles. The van der Waals surface area contributed by atoms with Gasteiger partial charge in [0.2, 0.25) is 0 Å². The number of anilines is 1. The van der Waals surface area contributed by atoms with Crippen molar-refractivity contribution in [3.05, 3.63) is 29.8 Å². The average Bonchev–Trinajstić information content (AvgIpc) is 3.00. The van der Waals surface area contributed by atoms with Crippen LogP contribution in [-0.4, -0.2) is 0 Å². The number of rotatable bonds is 2. The smallest absolute Gasteiger partial charge is 0.0349 e. The second-order valence-corrected chi connectivity index (χ2v) is 4.47. The van der Waals surface area contributed by atoms with Crippen molar-refractivity contribution in [2.75, 3.05) is 5.73 Å². The van der Waals surface area contributed by atoms with Crippen molar-refractivity contribution in [2.24, 2.45) is 11.8 Å². The van der Waals surface area contributed by atoms with E-state index in [1.54, 1.807) is 0 Å². The fourth-order valence-electron chi connectivity index (χ4n) is 2.47. The van der Waals surface area contributed by atoms with E-state index in [1.807, 2.05) is 12.1 Å². The number of hydrogen-bond acceptors (Lipinski definition) is 1. The summed E-state index contributed by atoms with van der Waals surface area (Å²) in [7, 11) is 0. The minimum Gasteiger partial charge on any atom is -0.398 e. The second-order valence-electron chi connectivity index (χ2n) is 4.47. The molecule has 13 heavy (non-hydrogen) atoms. The normalized spacial score (nSPS) is 31.7. The van der Waals surface area contributed by atoms with Gasteiger partial charge in [-0.3, -0.25) is 0 Å². The Morgan fingerprint density at radius 2 is 1.92 bits per heavy atom. The predicted molar refractivity (Wildman–Crippen MR) is 54.4 cm³/mol. The summed E-state index contributed by atoms with van der Waals surface area (Å²) in [6, 6.07) is 8.35. The van der Waals surface area contributed by atoms with Gasteiger partial charge in [0, 0.05) is 5.69 Å². The number of nitrogen functional groups attached to an aromatic ring is 1. The third kappa shape index (κ3) is 1.23. The number of hydrogen-bond donors (Lipinski definition) is 1. The van der Waals surface area contributed by atoms with Gasteiger partial charge in [0.1, 0.15) is 0 Å². The maximum absolute atomic E-state index is 5.94. The van der Waals surface area contributed by atoms with E-state index >= 15 is 0 Å². The van der Waals surface area contributed by atoms with Crippen LogP contribution in [0.3, 0.4) is 0 Å². The van der Waals surface area contributed by atoms with Crippen molar-refractivity contribution in [3.63, 3.8) is 0 Å². The average molecular weight is 173 g/mol. The van der Waals surface area contributed by atoms with Crippen molar-refractivity contribution in [2.45, 2.75) is 25.2 Å². The molecule has 2 atom stereocenters. The first kappa shape index (κ1) is 7.43. The van der Waals surface area contributed by atoms with Gasteiger partial charge in [0.05, 0.1) is 0 Å². The quantitative estimate of drug-likeness (QED) is 0.684. The van der Waals surface area contributed by atoms with Crippen LogP contribution in [0, 0.1) is 11.8 Å². The van der Waals surface area contributed by atoms with Gasteiger partial charge in [-0.15, -0.1) is 0 Å². The standard InChI is InChI=1S/C12H15N/c13-12-4-2-1-3-9(12)11-7-10(11)8-5-6-8/h1-4,8,10-11H,5-7,13H2/t10-,11-/m0/s1. The van der Waals surface area contributed by atoms with E-state index < -0.39 is 0 Å². The van der Waals surface area contributed by atoms with Crippen molar-refractivity contribution in [1.82, 2.24) is 0 Å². The Kier molecular flexibility index (Phi) is 1.43. The van der Waals surface area contributed by atoms with E-state index in [9.17, 15) is 0 Å². The molecule has 0 aromatic heterocycles. The molecule has 3 rings (SSSR count). The van der Waals surface area contributed by atoms with Crippen molar-refractivity contribution < 1.29 is 0 Å². The number of nitrogens with two attached hydrogens (primary N) is 1. The molecular formula is C12H15N. The van der Waals surface area contributed by atoms with Crippen molar-refractivity contribution in [3.8, 4) is 0 Å². The maximum Gasteiger partial charge on any atom is 0.0349 e. The van der Waals surface area contributed by atoms with Crippen molar-refractivity contribution in [1.29, 1.82) is 0 Å². The summed E-state index contributed by atoms with van der Waals surface area (Å²) in [6.45, 7) is 0. The Balaban J connectivity index is 1.82. The third-order valence-electron chi connectivity index (χ3n) is 3.46. The molecule has 0 radical (unpaired) electrons. The van der Waals surface area contributed by atoms with E-state index in [4.69, 9.17) is 5.73 Å². The molecule has 1 aromatic carbocycles. The van der Waals surface area contributed by atoms with E-state index in [2.05, 4.69) is 12.1 Å². The Labute approximate surface area is 78.9 Å². The van der Waals surface area contributed by atoms with Crippen LogP contribution < -0.4 is 5.73 Å². The number of benzene rings is 1. The van der Waals surface area contributed by atoms with E-state index in [1.165, 1.54) is 24.8 Å². The highest BCUT2D eigenvalue weighted by molar-refractivity contribution is 5.50. The Morgan fingerprint density at radius 1 is 1.15 bits per heavy atom. The second kappa shape index (κ2) is 2.50. The number of para-hydroxylation sites is 1. The Morgan fingerprint density at radius 3 is 2.62 bits per heavy atom. The molecule has 2 aliphatic rings. The van der Waals surface area contributed by atoms with Gasteiger partial charge in [-0.25, -0.2) is 0 Å². The van der Waals surface area contributed by atoms with Crippen LogP contribution in [0.25, 0.3) is 0 Å².